The van der Waals surface area contributed by atoms with Crippen molar-refractivity contribution in [1.82, 2.24) is 0 Å². The molecule has 1 aromatic rings. The van der Waals surface area contributed by atoms with Gasteiger partial charge in [0.25, 0.3) is 0 Å². The fourth-order valence-electron chi connectivity index (χ4n) is 1.90. The molecule has 0 aromatic heterocycles. The molecule has 0 aliphatic carbocycles. The molecular formula is C14H21NO3. The second-order valence-electron chi connectivity index (χ2n) is 4.32. The van der Waals surface area contributed by atoms with Gasteiger partial charge in [-0.15, -0.1) is 0 Å². The Morgan fingerprint density at radius 3 is 2.56 bits per heavy atom. The molecule has 0 saturated heterocycles. The number of benzene rings is 1. The summed E-state index contributed by atoms with van der Waals surface area (Å²) in [6.07, 6.45) is 0.856. The summed E-state index contributed by atoms with van der Waals surface area (Å²) in [5.74, 6) is 0.837. The summed E-state index contributed by atoms with van der Waals surface area (Å²) in [5, 5.41) is 8.75. The SMILES string of the molecule is COc1ccc(N(C)C(=O)CCCO)c(C)c1C. The molecule has 100 valence electrons. The molecule has 0 bridgehead atoms. The fourth-order valence-corrected chi connectivity index (χ4v) is 1.90. The van der Waals surface area contributed by atoms with Gasteiger partial charge in [0.15, 0.2) is 0 Å². The van der Waals surface area contributed by atoms with E-state index in [0.717, 1.165) is 22.6 Å². The highest BCUT2D eigenvalue weighted by molar-refractivity contribution is 5.93. The number of nitrogens with zero attached hydrogens (tertiary/aromatic N) is 1. The minimum atomic E-state index is 0.0108. The molecule has 1 N–H and O–H groups in total. The quantitative estimate of drug-likeness (QED) is 0.871. The Balaban J connectivity index is 2.96. The van der Waals surface area contributed by atoms with Crippen molar-refractivity contribution in [3.63, 3.8) is 0 Å². The third-order valence-electron chi connectivity index (χ3n) is 3.21. The van der Waals surface area contributed by atoms with Crippen LogP contribution >= 0.6 is 0 Å². The van der Waals surface area contributed by atoms with Gasteiger partial charge >= 0.3 is 0 Å². The van der Waals surface area contributed by atoms with E-state index < -0.39 is 0 Å². The van der Waals surface area contributed by atoms with Crippen LogP contribution in [0.25, 0.3) is 0 Å². The average molecular weight is 251 g/mol. The number of aliphatic hydroxyl groups excluding tert-OH is 1. The minimum absolute atomic E-state index is 0.0108. The number of rotatable bonds is 5. The van der Waals surface area contributed by atoms with Gasteiger partial charge < -0.3 is 14.7 Å². The van der Waals surface area contributed by atoms with E-state index in [4.69, 9.17) is 9.84 Å². The third kappa shape index (κ3) is 3.01. The Hall–Kier alpha value is -1.55. The maximum Gasteiger partial charge on any atom is 0.226 e. The van der Waals surface area contributed by atoms with Crippen LogP contribution in [0.3, 0.4) is 0 Å². The van der Waals surface area contributed by atoms with Crippen molar-refractivity contribution >= 4 is 11.6 Å². The predicted molar refractivity (Wildman–Crippen MR) is 72.2 cm³/mol. The minimum Gasteiger partial charge on any atom is -0.496 e. The van der Waals surface area contributed by atoms with Crippen LogP contribution in [0.5, 0.6) is 5.75 Å². The van der Waals surface area contributed by atoms with E-state index in [9.17, 15) is 4.79 Å². The van der Waals surface area contributed by atoms with Gasteiger partial charge in [0.05, 0.1) is 7.11 Å². The Morgan fingerprint density at radius 1 is 1.33 bits per heavy atom. The van der Waals surface area contributed by atoms with Crippen molar-refractivity contribution in [2.75, 3.05) is 25.7 Å². The topological polar surface area (TPSA) is 49.8 Å². The molecule has 0 spiro atoms. The Labute approximate surface area is 108 Å². The van der Waals surface area contributed by atoms with Crippen LogP contribution in [-0.4, -0.2) is 31.8 Å². The van der Waals surface area contributed by atoms with Crippen molar-refractivity contribution < 1.29 is 14.6 Å². The van der Waals surface area contributed by atoms with Gasteiger partial charge in [-0.25, -0.2) is 0 Å². The molecule has 0 aliphatic heterocycles. The highest BCUT2D eigenvalue weighted by atomic mass is 16.5. The number of methoxy groups -OCH3 is 1. The number of hydrogen-bond acceptors (Lipinski definition) is 3. The molecule has 0 radical (unpaired) electrons. The normalized spacial score (nSPS) is 10.3. The van der Waals surface area contributed by atoms with E-state index in [1.165, 1.54) is 0 Å². The summed E-state index contributed by atoms with van der Waals surface area (Å²) in [6, 6.07) is 3.76. The van der Waals surface area contributed by atoms with Crippen LogP contribution in [0, 0.1) is 13.8 Å². The standard InChI is InChI=1S/C14H21NO3/c1-10-11(2)13(18-4)8-7-12(10)15(3)14(17)6-5-9-16/h7-8,16H,5-6,9H2,1-4H3. The van der Waals surface area contributed by atoms with E-state index in [0.29, 0.717) is 12.8 Å². The van der Waals surface area contributed by atoms with Gasteiger partial charge in [-0.05, 0) is 43.5 Å². The maximum atomic E-state index is 11.9. The molecule has 0 unspecified atom stereocenters. The lowest BCUT2D eigenvalue weighted by molar-refractivity contribution is -0.118. The van der Waals surface area contributed by atoms with Crippen molar-refractivity contribution in [2.45, 2.75) is 26.7 Å². The Bertz CT molecular complexity index is 429. The summed E-state index contributed by atoms with van der Waals surface area (Å²) in [7, 11) is 3.39. The first kappa shape index (κ1) is 14.5. The Morgan fingerprint density at radius 2 is 2.00 bits per heavy atom. The zero-order valence-electron chi connectivity index (χ0n) is 11.5. The molecular weight excluding hydrogens is 230 g/mol. The second-order valence-corrected chi connectivity index (χ2v) is 4.32. The van der Waals surface area contributed by atoms with Crippen molar-refractivity contribution in [3.8, 4) is 5.75 Å². The number of ether oxygens (including phenoxy) is 1. The summed E-state index contributed by atoms with van der Waals surface area (Å²) in [6.45, 7) is 3.99. The maximum absolute atomic E-state index is 11.9. The van der Waals surface area contributed by atoms with Crippen molar-refractivity contribution in [2.24, 2.45) is 0 Å². The Kier molecular flexibility index (Phi) is 5.16. The van der Waals surface area contributed by atoms with Crippen LogP contribution in [0.4, 0.5) is 5.69 Å². The van der Waals surface area contributed by atoms with Gasteiger partial charge in [-0.1, -0.05) is 0 Å². The molecule has 0 heterocycles. The van der Waals surface area contributed by atoms with Gasteiger partial charge in [-0.3, -0.25) is 4.79 Å². The summed E-state index contributed by atoms with van der Waals surface area (Å²) >= 11 is 0. The van der Waals surface area contributed by atoms with E-state index in [-0.39, 0.29) is 12.5 Å². The summed E-state index contributed by atoms with van der Waals surface area (Å²) < 4.78 is 5.25. The third-order valence-corrected chi connectivity index (χ3v) is 3.21. The summed E-state index contributed by atoms with van der Waals surface area (Å²) in [5.41, 5.74) is 2.96. The highest BCUT2D eigenvalue weighted by Gasteiger charge is 2.15. The lowest BCUT2D eigenvalue weighted by atomic mass is 10.1. The monoisotopic (exact) mass is 251 g/mol. The van der Waals surface area contributed by atoms with Crippen LogP contribution in [0.1, 0.15) is 24.0 Å². The van der Waals surface area contributed by atoms with E-state index in [1.807, 2.05) is 26.0 Å². The molecule has 1 rings (SSSR count). The largest absolute Gasteiger partial charge is 0.496 e. The number of carbonyl (C=O) groups is 1. The molecule has 1 amide bonds. The molecule has 4 heteroatoms. The lowest BCUT2D eigenvalue weighted by Crippen LogP contribution is -2.27. The number of aliphatic hydroxyl groups is 1. The molecule has 0 fully saturated rings. The zero-order valence-corrected chi connectivity index (χ0v) is 11.5. The fraction of sp³-hybridized carbons (Fsp3) is 0.500. The molecule has 1 aromatic carbocycles. The number of hydrogen-bond donors (Lipinski definition) is 1. The number of anilines is 1. The van der Waals surface area contributed by atoms with E-state index in [2.05, 4.69) is 0 Å². The van der Waals surface area contributed by atoms with Crippen molar-refractivity contribution in [1.29, 1.82) is 0 Å². The van der Waals surface area contributed by atoms with Crippen LogP contribution in [0.15, 0.2) is 12.1 Å². The number of amides is 1. The van der Waals surface area contributed by atoms with Crippen molar-refractivity contribution in [3.05, 3.63) is 23.3 Å². The van der Waals surface area contributed by atoms with Crippen LogP contribution < -0.4 is 9.64 Å². The highest BCUT2D eigenvalue weighted by Crippen LogP contribution is 2.29. The van der Waals surface area contributed by atoms with Crippen LogP contribution in [-0.2, 0) is 4.79 Å². The van der Waals surface area contributed by atoms with Crippen LogP contribution in [0.2, 0.25) is 0 Å². The molecule has 18 heavy (non-hydrogen) atoms. The van der Waals surface area contributed by atoms with Gasteiger partial charge in [0, 0.05) is 25.8 Å². The molecule has 0 saturated carbocycles. The molecule has 0 atom stereocenters. The van der Waals surface area contributed by atoms with Gasteiger partial charge in [0.2, 0.25) is 5.91 Å². The molecule has 4 nitrogen and oxygen atoms in total. The molecule has 0 aliphatic rings. The lowest BCUT2D eigenvalue weighted by Gasteiger charge is -2.21. The average Bonchev–Trinajstić information content (AvgIpc) is 2.38. The summed E-state index contributed by atoms with van der Waals surface area (Å²) in [4.78, 5) is 13.5. The first-order chi connectivity index (χ1) is 8.52. The first-order valence-electron chi connectivity index (χ1n) is 6.04. The smallest absolute Gasteiger partial charge is 0.226 e. The van der Waals surface area contributed by atoms with Gasteiger partial charge in [0.1, 0.15) is 5.75 Å². The van der Waals surface area contributed by atoms with Gasteiger partial charge in [-0.2, -0.15) is 0 Å². The zero-order chi connectivity index (χ0) is 13.7. The first-order valence-corrected chi connectivity index (χ1v) is 6.04. The van der Waals surface area contributed by atoms with E-state index >= 15 is 0 Å². The number of carbonyl (C=O) groups excluding carboxylic acids is 1. The van der Waals surface area contributed by atoms with E-state index in [1.54, 1.807) is 19.1 Å². The predicted octanol–water partition coefficient (Wildman–Crippen LogP) is 2.05. The second kappa shape index (κ2) is 6.40.